The van der Waals surface area contributed by atoms with Gasteiger partial charge in [-0.3, -0.25) is 4.90 Å². The van der Waals surface area contributed by atoms with Crippen molar-refractivity contribution in [2.24, 2.45) is 0 Å². The second kappa shape index (κ2) is 7.70. The minimum absolute atomic E-state index is 0.0748. The SMILES string of the molecule is CCN(CC)C(CNS(=O)(=O)c1ccc(C)s1)c1cccs1. The molecule has 122 valence electrons. The Morgan fingerprint density at radius 3 is 2.45 bits per heavy atom. The molecule has 0 bridgehead atoms. The number of sulfonamides is 1. The summed E-state index contributed by atoms with van der Waals surface area (Å²) >= 11 is 2.97. The second-order valence-corrected chi connectivity index (χ2v) is 9.23. The first-order valence-electron chi connectivity index (χ1n) is 7.31. The summed E-state index contributed by atoms with van der Waals surface area (Å²) in [6.45, 7) is 8.27. The molecule has 0 amide bonds. The van der Waals surface area contributed by atoms with E-state index in [9.17, 15) is 8.42 Å². The lowest BCUT2D eigenvalue weighted by Gasteiger charge is -2.29. The molecule has 0 aliphatic carbocycles. The van der Waals surface area contributed by atoms with Crippen molar-refractivity contribution in [2.45, 2.75) is 31.0 Å². The van der Waals surface area contributed by atoms with E-state index in [4.69, 9.17) is 0 Å². The molecule has 0 spiro atoms. The number of rotatable bonds is 8. The zero-order valence-electron chi connectivity index (χ0n) is 13.1. The molecule has 0 aliphatic heterocycles. The molecule has 0 fully saturated rings. The molecular weight excluding hydrogens is 336 g/mol. The predicted octanol–water partition coefficient (Wildman–Crippen LogP) is 3.48. The van der Waals surface area contributed by atoms with E-state index in [1.807, 2.05) is 24.4 Å². The Morgan fingerprint density at radius 1 is 1.23 bits per heavy atom. The molecule has 7 heteroatoms. The van der Waals surface area contributed by atoms with Crippen molar-refractivity contribution >= 4 is 32.7 Å². The highest BCUT2D eigenvalue weighted by molar-refractivity contribution is 7.91. The highest BCUT2D eigenvalue weighted by Gasteiger charge is 2.23. The standard InChI is InChI=1S/C15H22N2O2S3/c1-4-17(5-2)13(14-7-6-10-20-14)11-16-22(18,19)15-9-8-12(3)21-15/h6-10,13,16H,4-5,11H2,1-3H3. The molecule has 1 N–H and O–H groups in total. The van der Waals surface area contributed by atoms with Crippen molar-refractivity contribution in [3.63, 3.8) is 0 Å². The number of nitrogens with one attached hydrogen (secondary N) is 1. The Balaban J connectivity index is 2.14. The van der Waals surface area contributed by atoms with Crippen molar-refractivity contribution in [2.75, 3.05) is 19.6 Å². The van der Waals surface area contributed by atoms with Crippen LogP contribution in [0.3, 0.4) is 0 Å². The van der Waals surface area contributed by atoms with Crippen LogP contribution in [0.15, 0.2) is 33.9 Å². The van der Waals surface area contributed by atoms with Crippen molar-refractivity contribution in [1.29, 1.82) is 0 Å². The quantitative estimate of drug-likeness (QED) is 0.786. The third-order valence-corrected chi connectivity index (χ3v) is 7.46. The number of likely N-dealkylation sites (N-methyl/N-ethyl adjacent to an activating group) is 1. The van der Waals surface area contributed by atoms with Gasteiger partial charge < -0.3 is 0 Å². The first-order chi connectivity index (χ1) is 10.5. The van der Waals surface area contributed by atoms with Gasteiger partial charge in [-0.05, 0) is 43.6 Å². The highest BCUT2D eigenvalue weighted by atomic mass is 32.2. The molecule has 0 saturated carbocycles. The van der Waals surface area contributed by atoms with E-state index < -0.39 is 10.0 Å². The first kappa shape index (κ1) is 17.6. The van der Waals surface area contributed by atoms with E-state index in [2.05, 4.69) is 29.5 Å². The Hall–Kier alpha value is -0.730. The number of hydrogen-bond acceptors (Lipinski definition) is 5. The molecule has 0 aliphatic rings. The number of hydrogen-bond donors (Lipinski definition) is 1. The van der Waals surface area contributed by atoms with Crippen LogP contribution in [0.2, 0.25) is 0 Å². The van der Waals surface area contributed by atoms with E-state index in [1.54, 1.807) is 17.4 Å². The summed E-state index contributed by atoms with van der Waals surface area (Å²) in [7, 11) is -3.43. The Labute approximate surface area is 140 Å². The Kier molecular flexibility index (Phi) is 6.17. The maximum Gasteiger partial charge on any atom is 0.250 e. The minimum atomic E-state index is -3.43. The van der Waals surface area contributed by atoms with Crippen LogP contribution in [0, 0.1) is 6.92 Å². The molecule has 1 unspecified atom stereocenters. The van der Waals surface area contributed by atoms with E-state index in [-0.39, 0.29) is 6.04 Å². The van der Waals surface area contributed by atoms with Crippen LogP contribution in [-0.4, -0.2) is 33.0 Å². The van der Waals surface area contributed by atoms with Crippen LogP contribution >= 0.6 is 22.7 Å². The summed E-state index contributed by atoms with van der Waals surface area (Å²) < 4.78 is 28.0. The lowest BCUT2D eigenvalue weighted by Crippen LogP contribution is -2.37. The monoisotopic (exact) mass is 358 g/mol. The summed E-state index contributed by atoms with van der Waals surface area (Å²) in [6.07, 6.45) is 0. The molecule has 2 heterocycles. The van der Waals surface area contributed by atoms with Gasteiger partial charge in [0, 0.05) is 16.3 Å². The predicted molar refractivity (Wildman–Crippen MR) is 94.2 cm³/mol. The second-order valence-electron chi connectivity index (χ2n) is 4.97. The average Bonchev–Trinajstić information content (AvgIpc) is 3.15. The third kappa shape index (κ3) is 4.17. The summed E-state index contributed by atoms with van der Waals surface area (Å²) in [6, 6.07) is 7.65. The van der Waals surface area contributed by atoms with E-state index in [0.29, 0.717) is 10.8 Å². The normalized spacial score (nSPS) is 13.6. The van der Waals surface area contributed by atoms with Gasteiger partial charge >= 0.3 is 0 Å². The lowest BCUT2D eigenvalue weighted by molar-refractivity contribution is 0.223. The minimum Gasteiger partial charge on any atom is -0.295 e. The Morgan fingerprint density at radius 2 is 1.95 bits per heavy atom. The van der Waals surface area contributed by atoms with Crippen molar-refractivity contribution in [3.05, 3.63) is 39.4 Å². The fourth-order valence-electron chi connectivity index (χ4n) is 2.37. The molecule has 4 nitrogen and oxygen atoms in total. The molecule has 0 saturated heterocycles. The van der Waals surface area contributed by atoms with Crippen molar-refractivity contribution < 1.29 is 8.42 Å². The van der Waals surface area contributed by atoms with Crippen molar-refractivity contribution in [3.8, 4) is 0 Å². The van der Waals surface area contributed by atoms with Crippen LogP contribution in [0.5, 0.6) is 0 Å². The Bertz CT molecular complexity index is 673. The molecule has 2 aromatic rings. The van der Waals surface area contributed by atoms with Gasteiger partial charge in [0.1, 0.15) is 4.21 Å². The van der Waals surface area contributed by atoms with Gasteiger partial charge in [-0.2, -0.15) is 0 Å². The highest BCUT2D eigenvalue weighted by Crippen LogP contribution is 2.26. The average molecular weight is 359 g/mol. The van der Waals surface area contributed by atoms with Crippen LogP contribution in [0.1, 0.15) is 29.6 Å². The molecule has 0 radical (unpaired) electrons. The lowest BCUT2D eigenvalue weighted by atomic mass is 10.2. The number of thiophene rings is 2. The number of aryl methyl sites for hydroxylation is 1. The summed E-state index contributed by atoms with van der Waals surface area (Å²) in [5.41, 5.74) is 0. The summed E-state index contributed by atoms with van der Waals surface area (Å²) in [5, 5.41) is 2.03. The molecule has 2 rings (SSSR count). The van der Waals surface area contributed by atoms with Crippen LogP contribution in [0.25, 0.3) is 0 Å². The van der Waals surface area contributed by atoms with Gasteiger partial charge in [0.05, 0.1) is 6.04 Å². The molecule has 1 atom stereocenters. The molecule has 0 aromatic carbocycles. The third-order valence-electron chi connectivity index (χ3n) is 3.57. The fraction of sp³-hybridized carbons (Fsp3) is 0.467. The van der Waals surface area contributed by atoms with Crippen LogP contribution < -0.4 is 4.72 Å². The van der Waals surface area contributed by atoms with Gasteiger partial charge in [-0.25, -0.2) is 13.1 Å². The van der Waals surface area contributed by atoms with Gasteiger partial charge in [-0.15, -0.1) is 22.7 Å². The van der Waals surface area contributed by atoms with Gasteiger partial charge in [0.25, 0.3) is 0 Å². The zero-order chi connectivity index (χ0) is 16.2. The summed E-state index contributed by atoms with van der Waals surface area (Å²) in [5.74, 6) is 0. The molecular formula is C15H22N2O2S3. The first-order valence-corrected chi connectivity index (χ1v) is 10.5. The number of nitrogens with zero attached hydrogens (tertiary/aromatic N) is 1. The maximum atomic E-state index is 12.4. The van der Waals surface area contributed by atoms with Gasteiger partial charge in [-0.1, -0.05) is 19.9 Å². The molecule has 22 heavy (non-hydrogen) atoms. The van der Waals surface area contributed by atoms with E-state index in [0.717, 1.165) is 18.0 Å². The van der Waals surface area contributed by atoms with Gasteiger partial charge in [0.2, 0.25) is 10.0 Å². The van der Waals surface area contributed by atoms with Crippen molar-refractivity contribution in [1.82, 2.24) is 9.62 Å². The largest absolute Gasteiger partial charge is 0.295 e. The zero-order valence-corrected chi connectivity index (χ0v) is 15.5. The van der Waals surface area contributed by atoms with Crippen LogP contribution in [0.4, 0.5) is 0 Å². The fourth-order valence-corrected chi connectivity index (χ4v) is 5.60. The van der Waals surface area contributed by atoms with E-state index >= 15 is 0 Å². The molecule has 2 aromatic heterocycles. The van der Waals surface area contributed by atoms with Gasteiger partial charge in [0.15, 0.2) is 0 Å². The summed E-state index contributed by atoms with van der Waals surface area (Å²) in [4.78, 5) is 4.46. The smallest absolute Gasteiger partial charge is 0.250 e. The van der Waals surface area contributed by atoms with E-state index in [1.165, 1.54) is 16.2 Å². The van der Waals surface area contributed by atoms with Crippen LogP contribution in [-0.2, 0) is 10.0 Å². The maximum absolute atomic E-state index is 12.4. The topological polar surface area (TPSA) is 49.4 Å².